The van der Waals surface area contributed by atoms with Crippen molar-refractivity contribution in [1.29, 1.82) is 0 Å². The van der Waals surface area contributed by atoms with Crippen LogP contribution >= 0.6 is 0 Å². The molecule has 1 saturated carbocycles. The van der Waals surface area contributed by atoms with Gasteiger partial charge < -0.3 is 14.4 Å². The maximum absolute atomic E-state index is 14.0. The van der Waals surface area contributed by atoms with E-state index in [1.165, 1.54) is 16.3 Å². The molecule has 0 N–H and O–H groups in total. The van der Waals surface area contributed by atoms with Crippen molar-refractivity contribution in [2.75, 3.05) is 24.5 Å². The van der Waals surface area contributed by atoms with Crippen LogP contribution in [0.15, 0.2) is 53.4 Å². The Bertz CT molecular complexity index is 1190. The largest absolute Gasteiger partial charge is 0.433 e. The van der Waals surface area contributed by atoms with Crippen LogP contribution in [-0.4, -0.2) is 57.5 Å². The lowest BCUT2D eigenvalue weighted by molar-refractivity contribution is -0.153. The van der Waals surface area contributed by atoms with Gasteiger partial charge in [-0.2, -0.15) is 0 Å². The summed E-state index contributed by atoms with van der Waals surface area (Å²) in [4.78, 5) is 27.6. The molecule has 2 aromatic carbocycles. The van der Waals surface area contributed by atoms with Gasteiger partial charge in [0.15, 0.2) is 5.60 Å². The Hall–Kier alpha value is -2.91. The van der Waals surface area contributed by atoms with E-state index in [0.29, 0.717) is 24.3 Å². The lowest BCUT2D eigenvalue weighted by Gasteiger charge is -2.45. The van der Waals surface area contributed by atoms with Gasteiger partial charge in [0.05, 0.1) is 16.6 Å². The van der Waals surface area contributed by atoms with E-state index in [0.717, 1.165) is 5.56 Å². The van der Waals surface area contributed by atoms with Gasteiger partial charge in [-0.15, -0.1) is 0 Å². The number of sulfonamides is 1. The molecule has 1 heterocycles. The number of rotatable bonds is 6. The molecule has 4 rings (SSSR count). The molecule has 0 unspecified atom stereocenters. The molecule has 1 aliphatic heterocycles. The number of hydrogen-bond donors (Lipinski definition) is 0. The Kier molecular flexibility index (Phi) is 6.44. The Morgan fingerprint density at radius 2 is 1.74 bits per heavy atom. The minimum Gasteiger partial charge on any atom is -0.433 e. The predicted molar refractivity (Wildman–Crippen MR) is 127 cm³/mol. The SMILES string of the molecule is CCN(CC)C(=O)O[C@]12c3ccccc3N(S(=O)(=O)c3ccc(C)cc3)[C@H]1CC(=O)C[C@H]2OC. The van der Waals surface area contributed by atoms with Crippen LogP contribution in [0.4, 0.5) is 10.5 Å². The van der Waals surface area contributed by atoms with Crippen molar-refractivity contribution in [3.05, 3.63) is 59.7 Å². The third-order valence-corrected chi connectivity index (χ3v) is 8.63. The number of para-hydroxylation sites is 1. The number of aryl methyl sites for hydroxylation is 1. The van der Waals surface area contributed by atoms with Crippen LogP contribution in [0.3, 0.4) is 0 Å². The number of benzene rings is 2. The van der Waals surface area contributed by atoms with Gasteiger partial charge in [-0.3, -0.25) is 9.10 Å². The number of hydrogen-bond acceptors (Lipinski definition) is 6. The molecule has 0 radical (unpaired) electrons. The van der Waals surface area contributed by atoms with E-state index in [9.17, 15) is 18.0 Å². The summed E-state index contributed by atoms with van der Waals surface area (Å²) in [7, 11) is -2.63. The second-order valence-corrected chi connectivity index (χ2v) is 10.5. The van der Waals surface area contributed by atoms with Crippen LogP contribution in [-0.2, 0) is 29.9 Å². The summed E-state index contributed by atoms with van der Waals surface area (Å²) in [5, 5.41) is 0. The molecule has 182 valence electrons. The van der Waals surface area contributed by atoms with Crippen molar-refractivity contribution in [2.45, 2.75) is 56.3 Å². The number of ketones is 1. The molecule has 0 spiro atoms. The standard InChI is InChI=1S/C25H30N2O6S/c1-5-26(6-2)24(29)33-25-20-9-7-8-10-21(20)27(22(25)15-18(28)16-23(25)32-4)34(30,31)19-13-11-17(3)12-14-19/h7-14,22-23H,5-6,15-16H2,1-4H3/t22-,23+,25+/m0/s1. The molecule has 0 aromatic heterocycles. The summed E-state index contributed by atoms with van der Waals surface area (Å²) in [5.41, 5.74) is 0.375. The number of Topliss-reactive ketones (excluding diaryl/α,β-unsaturated/α-hetero) is 1. The second kappa shape index (κ2) is 9.03. The van der Waals surface area contributed by atoms with Crippen molar-refractivity contribution in [3.63, 3.8) is 0 Å². The smallest absolute Gasteiger partial charge is 0.410 e. The zero-order chi connectivity index (χ0) is 24.7. The summed E-state index contributed by atoms with van der Waals surface area (Å²) in [6, 6.07) is 12.5. The molecule has 2 aromatic rings. The van der Waals surface area contributed by atoms with E-state index < -0.39 is 33.9 Å². The van der Waals surface area contributed by atoms with Crippen LogP contribution in [0, 0.1) is 6.92 Å². The normalized spacial score (nSPS) is 23.9. The third-order valence-electron chi connectivity index (χ3n) is 6.79. The molecular formula is C25H30N2O6S. The number of anilines is 1. The number of nitrogens with zero attached hydrogens (tertiary/aromatic N) is 2. The third kappa shape index (κ3) is 3.67. The minimum absolute atomic E-state index is 0.0191. The first-order valence-electron chi connectivity index (χ1n) is 11.4. The highest BCUT2D eigenvalue weighted by atomic mass is 32.2. The van der Waals surface area contributed by atoms with Crippen molar-refractivity contribution in [2.24, 2.45) is 0 Å². The summed E-state index contributed by atoms with van der Waals surface area (Å²) in [6.07, 6.45) is -1.48. The fourth-order valence-corrected chi connectivity index (χ4v) is 6.75. The van der Waals surface area contributed by atoms with Crippen LogP contribution < -0.4 is 4.31 Å². The van der Waals surface area contributed by atoms with Gasteiger partial charge in [-0.05, 0) is 39.0 Å². The number of fused-ring (bicyclic) bond motifs is 3. The zero-order valence-corrected chi connectivity index (χ0v) is 20.7. The molecule has 1 fully saturated rings. The van der Waals surface area contributed by atoms with E-state index in [1.807, 2.05) is 20.8 Å². The van der Waals surface area contributed by atoms with Crippen molar-refractivity contribution in [3.8, 4) is 0 Å². The Balaban J connectivity index is 1.94. The van der Waals surface area contributed by atoms with Crippen molar-refractivity contribution >= 4 is 27.6 Å². The van der Waals surface area contributed by atoms with Gasteiger partial charge in [0.2, 0.25) is 0 Å². The highest BCUT2D eigenvalue weighted by Gasteiger charge is 2.64. The molecular weight excluding hydrogens is 456 g/mol. The van der Waals surface area contributed by atoms with Crippen LogP contribution in [0.1, 0.15) is 37.8 Å². The molecule has 1 aliphatic carbocycles. The Morgan fingerprint density at radius 3 is 2.35 bits per heavy atom. The fraction of sp³-hybridized carbons (Fsp3) is 0.440. The lowest BCUT2D eigenvalue weighted by Crippen LogP contribution is -2.61. The summed E-state index contributed by atoms with van der Waals surface area (Å²) in [6.45, 7) is 6.42. The molecule has 0 bridgehead atoms. The van der Waals surface area contributed by atoms with Gasteiger partial charge in [0.25, 0.3) is 10.0 Å². The Labute approximate surface area is 200 Å². The molecule has 3 atom stereocenters. The molecule has 8 nitrogen and oxygen atoms in total. The molecule has 0 saturated heterocycles. The fourth-order valence-electron chi connectivity index (χ4n) is 5.06. The van der Waals surface area contributed by atoms with Crippen molar-refractivity contribution < 1.29 is 27.5 Å². The van der Waals surface area contributed by atoms with Gasteiger partial charge in [-0.25, -0.2) is 13.2 Å². The first-order valence-corrected chi connectivity index (χ1v) is 12.9. The highest BCUT2D eigenvalue weighted by molar-refractivity contribution is 7.92. The predicted octanol–water partition coefficient (Wildman–Crippen LogP) is 3.62. The average Bonchev–Trinajstić information content (AvgIpc) is 3.10. The summed E-state index contributed by atoms with van der Waals surface area (Å²) >= 11 is 0. The maximum atomic E-state index is 14.0. The molecule has 34 heavy (non-hydrogen) atoms. The van der Waals surface area contributed by atoms with E-state index in [1.54, 1.807) is 48.5 Å². The lowest BCUT2D eigenvalue weighted by atomic mass is 9.75. The minimum atomic E-state index is -4.08. The molecule has 1 amide bonds. The molecule has 2 aliphatic rings. The van der Waals surface area contributed by atoms with Crippen LogP contribution in [0.2, 0.25) is 0 Å². The number of methoxy groups -OCH3 is 1. The molecule has 9 heteroatoms. The second-order valence-electron chi connectivity index (χ2n) is 8.65. The first-order chi connectivity index (χ1) is 16.2. The van der Waals surface area contributed by atoms with E-state index in [-0.39, 0.29) is 23.5 Å². The van der Waals surface area contributed by atoms with E-state index >= 15 is 0 Å². The average molecular weight is 487 g/mol. The monoisotopic (exact) mass is 486 g/mol. The number of carbonyl (C=O) groups is 2. The van der Waals surface area contributed by atoms with Gasteiger partial charge in [-0.1, -0.05) is 35.9 Å². The maximum Gasteiger partial charge on any atom is 0.410 e. The summed E-state index contributed by atoms with van der Waals surface area (Å²) in [5.74, 6) is -0.150. The first kappa shape index (κ1) is 24.2. The topological polar surface area (TPSA) is 93.2 Å². The highest BCUT2D eigenvalue weighted by Crippen LogP contribution is 2.55. The van der Waals surface area contributed by atoms with Gasteiger partial charge in [0, 0.05) is 38.6 Å². The van der Waals surface area contributed by atoms with Gasteiger partial charge in [0.1, 0.15) is 11.9 Å². The number of amides is 1. The van der Waals surface area contributed by atoms with Crippen LogP contribution in [0.25, 0.3) is 0 Å². The Morgan fingerprint density at radius 1 is 1.09 bits per heavy atom. The zero-order valence-electron chi connectivity index (χ0n) is 19.9. The van der Waals surface area contributed by atoms with E-state index in [2.05, 4.69) is 0 Å². The number of ether oxygens (including phenoxy) is 2. The van der Waals surface area contributed by atoms with E-state index in [4.69, 9.17) is 9.47 Å². The summed E-state index contributed by atoms with van der Waals surface area (Å²) < 4.78 is 41.1. The number of carbonyl (C=O) groups excluding carboxylic acids is 2. The van der Waals surface area contributed by atoms with Gasteiger partial charge >= 0.3 is 6.09 Å². The van der Waals surface area contributed by atoms with Crippen LogP contribution in [0.5, 0.6) is 0 Å². The van der Waals surface area contributed by atoms with Crippen molar-refractivity contribution in [1.82, 2.24) is 4.90 Å². The quantitative estimate of drug-likeness (QED) is 0.619.